The summed E-state index contributed by atoms with van der Waals surface area (Å²) in [5.41, 5.74) is 0.810. The van der Waals surface area contributed by atoms with Gasteiger partial charge in [0.1, 0.15) is 0 Å². The lowest BCUT2D eigenvalue weighted by molar-refractivity contribution is 0.0697. The van der Waals surface area contributed by atoms with E-state index < -0.39 is 5.97 Å². The fraction of sp³-hybridized carbons (Fsp3) is 0. The highest BCUT2D eigenvalue weighted by atomic mass is 79.9. The largest absolute Gasteiger partial charge is 0.478 e. The number of rotatable bonds is 1. The number of imidazole rings is 1. The van der Waals surface area contributed by atoms with Gasteiger partial charge in [-0.1, -0.05) is 0 Å². The van der Waals surface area contributed by atoms with Crippen LogP contribution in [0.3, 0.4) is 0 Å². The predicted octanol–water partition coefficient (Wildman–Crippen LogP) is 1.32. The molecule has 0 unspecified atom stereocenters. The van der Waals surface area contributed by atoms with Crippen molar-refractivity contribution >= 4 is 32.9 Å². The van der Waals surface area contributed by atoms with Crippen molar-refractivity contribution in [2.75, 3.05) is 0 Å². The van der Waals surface area contributed by atoms with Gasteiger partial charge in [0.25, 0.3) is 0 Å². The van der Waals surface area contributed by atoms with E-state index in [2.05, 4.69) is 25.9 Å². The van der Waals surface area contributed by atoms with Gasteiger partial charge in [-0.05, 0) is 28.1 Å². The highest BCUT2D eigenvalue weighted by molar-refractivity contribution is 9.10. The van der Waals surface area contributed by atoms with Gasteiger partial charge in [0.2, 0.25) is 0 Å². The number of hydrogen-bond acceptors (Lipinski definition) is 2. The number of aromatic carboxylic acids is 1. The zero-order chi connectivity index (χ0) is 10.3. The third-order valence-corrected chi connectivity index (χ3v) is 2.45. The third kappa shape index (κ3) is 1.33. The van der Waals surface area contributed by atoms with Gasteiger partial charge >= 0.3 is 11.7 Å². The first kappa shape index (κ1) is 9.01. The number of fused-ring (bicyclic) bond motifs is 1. The summed E-state index contributed by atoms with van der Waals surface area (Å²) >= 11 is 3.18. The number of nitrogens with one attached hydrogen (secondary N) is 2. The Morgan fingerprint density at radius 1 is 1.36 bits per heavy atom. The quantitative estimate of drug-likeness (QED) is 0.720. The number of carbonyl (C=O) groups is 1. The van der Waals surface area contributed by atoms with Crippen LogP contribution in [0.1, 0.15) is 10.4 Å². The van der Waals surface area contributed by atoms with E-state index in [-0.39, 0.29) is 11.3 Å². The van der Waals surface area contributed by atoms with Crippen molar-refractivity contribution in [2.24, 2.45) is 0 Å². The van der Waals surface area contributed by atoms with Crippen LogP contribution in [0.15, 0.2) is 21.4 Å². The molecule has 6 heteroatoms. The average Bonchev–Trinajstić information content (AvgIpc) is 2.45. The summed E-state index contributed by atoms with van der Waals surface area (Å²) < 4.78 is 0.547. The molecule has 0 spiro atoms. The molecule has 0 amide bonds. The van der Waals surface area contributed by atoms with Gasteiger partial charge in [-0.2, -0.15) is 0 Å². The summed E-state index contributed by atoms with van der Waals surface area (Å²) in [5, 5.41) is 8.75. The molecule has 0 fully saturated rings. The lowest BCUT2D eigenvalue weighted by Gasteiger charge is -1.96. The molecule has 14 heavy (non-hydrogen) atoms. The number of aromatic nitrogens is 2. The van der Waals surface area contributed by atoms with Crippen LogP contribution in [0, 0.1) is 0 Å². The second-order valence-corrected chi connectivity index (χ2v) is 3.62. The molecule has 0 atom stereocenters. The first-order chi connectivity index (χ1) is 6.58. The van der Waals surface area contributed by atoms with E-state index in [1.165, 1.54) is 12.1 Å². The number of H-pyrrole nitrogens is 2. The molecule has 72 valence electrons. The van der Waals surface area contributed by atoms with Gasteiger partial charge in [-0.15, -0.1) is 0 Å². The molecule has 1 aromatic carbocycles. The molecule has 0 aliphatic heterocycles. The lowest BCUT2D eigenvalue weighted by atomic mass is 10.2. The lowest BCUT2D eigenvalue weighted by Crippen LogP contribution is -1.99. The molecule has 0 saturated heterocycles. The Kier molecular flexibility index (Phi) is 1.92. The van der Waals surface area contributed by atoms with E-state index in [1.54, 1.807) is 0 Å². The van der Waals surface area contributed by atoms with E-state index in [9.17, 15) is 9.59 Å². The van der Waals surface area contributed by atoms with Crippen molar-refractivity contribution in [3.63, 3.8) is 0 Å². The smallest absolute Gasteiger partial charge is 0.335 e. The van der Waals surface area contributed by atoms with E-state index >= 15 is 0 Å². The van der Waals surface area contributed by atoms with Crippen LogP contribution in [-0.4, -0.2) is 21.0 Å². The Labute approximate surface area is 85.9 Å². The predicted molar refractivity (Wildman–Crippen MR) is 53.6 cm³/mol. The van der Waals surface area contributed by atoms with Crippen LogP contribution in [-0.2, 0) is 0 Å². The summed E-state index contributed by atoms with van der Waals surface area (Å²) in [4.78, 5) is 26.7. The molecule has 1 heterocycles. The molecule has 2 aromatic rings. The Bertz CT molecular complexity index is 569. The van der Waals surface area contributed by atoms with Gasteiger partial charge in [-0.3, -0.25) is 0 Å². The summed E-state index contributed by atoms with van der Waals surface area (Å²) in [6.07, 6.45) is 0. The van der Waals surface area contributed by atoms with Gasteiger partial charge < -0.3 is 15.1 Å². The maximum atomic E-state index is 10.9. The molecule has 0 saturated carbocycles. The summed E-state index contributed by atoms with van der Waals surface area (Å²) in [7, 11) is 0. The minimum atomic E-state index is -1.03. The maximum absolute atomic E-state index is 10.9. The molecule has 0 radical (unpaired) electrons. The molecule has 2 rings (SSSR count). The number of carboxylic acid groups (broad SMARTS) is 1. The average molecular weight is 257 g/mol. The van der Waals surface area contributed by atoms with Crippen molar-refractivity contribution in [1.82, 2.24) is 9.97 Å². The van der Waals surface area contributed by atoms with E-state index in [4.69, 9.17) is 5.11 Å². The van der Waals surface area contributed by atoms with Gasteiger partial charge in [-0.25, -0.2) is 9.59 Å². The minimum Gasteiger partial charge on any atom is -0.478 e. The fourth-order valence-corrected chi connectivity index (χ4v) is 1.78. The number of aromatic amines is 2. The van der Waals surface area contributed by atoms with Gasteiger partial charge in [0.15, 0.2) is 0 Å². The zero-order valence-electron chi connectivity index (χ0n) is 6.80. The Balaban J connectivity index is 2.84. The molecule has 0 aliphatic carbocycles. The molecular formula is C8H5BrN2O3. The van der Waals surface area contributed by atoms with Crippen LogP contribution >= 0.6 is 15.9 Å². The van der Waals surface area contributed by atoms with E-state index in [0.29, 0.717) is 15.5 Å². The highest BCUT2D eigenvalue weighted by Gasteiger charge is 2.09. The number of carboxylic acids is 1. The van der Waals surface area contributed by atoms with Crippen molar-refractivity contribution in [2.45, 2.75) is 0 Å². The molecule has 5 nitrogen and oxygen atoms in total. The van der Waals surface area contributed by atoms with Crippen molar-refractivity contribution < 1.29 is 9.90 Å². The van der Waals surface area contributed by atoms with Crippen molar-refractivity contribution in [1.29, 1.82) is 0 Å². The standard InChI is InChI=1S/C8H5BrN2O3/c9-4-1-3(7(12)13)2-5-6(4)11-8(14)10-5/h1-2H,(H,12,13)(H2,10,11,14). The Hall–Kier alpha value is -1.56. The topological polar surface area (TPSA) is 85.9 Å². The van der Waals surface area contributed by atoms with E-state index in [0.717, 1.165) is 0 Å². The summed E-state index contributed by atoms with van der Waals surface area (Å²) in [6, 6.07) is 2.84. The maximum Gasteiger partial charge on any atom is 0.335 e. The minimum absolute atomic E-state index is 0.125. The number of hydrogen-bond donors (Lipinski definition) is 3. The summed E-state index contributed by atoms with van der Waals surface area (Å²) in [5.74, 6) is -1.03. The number of benzene rings is 1. The van der Waals surface area contributed by atoms with Crippen molar-refractivity contribution in [3.8, 4) is 0 Å². The van der Waals surface area contributed by atoms with Crippen molar-refractivity contribution in [3.05, 3.63) is 32.7 Å². The molecular weight excluding hydrogens is 252 g/mol. The third-order valence-electron chi connectivity index (χ3n) is 1.82. The Morgan fingerprint density at radius 2 is 2.07 bits per heavy atom. The van der Waals surface area contributed by atoms with Crippen LogP contribution in [0.5, 0.6) is 0 Å². The van der Waals surface area contributed by atoms with Crippen LogP contribution in [0.25, 0.3) is 11.0 Å². The Morgan fingerprint density at radius 3 is 2.71 bits per heavy atom. The normalized spacial score (nSPS) is 10.6. The highest BCUT2D eigenvalue weighted by Crippen LogP contribution is 2.21. The first-order valence-corrected chi connectivity index (χ1v) is 4.52. The monoisotopic (exact) mass is 256 g/mol. The summed E-state index contributed by atoms with van der Waals surface area (Å²) in [6.45, 7) is 0. The first-order valence-electron chi connectivity index (χ1n) is 3.73. The number of halogens is 1. The van der Waals surface area contributed by atoms with Gasteiger partial charge in [0, 0.05) is 4.47 Å². The zero-order valence-corrected chi connectivity index (χ0v) is 8.38. The van der Waals surface area contributed by atoms with E-state index in [1.807, 2.05) is 0 Å². The van der Waals surface area contributed by atoms with Gasteiger partial charge in [0.05, 0.1) is 16.6 Å². The molecule has 1 aromatic heterocycles. The van der Waals surface area contributed by atoms with Crippen LogP contribution in [0.2, 0.25) is 0 Å². The second kappa shape index (κ2) is 2.98. The molecule has 0 aliphatic rings. The second-order valence-electron chi connectivity index (χ2n) is 2.76. The van der Waals surface area contributed by atoms with Crippen LogP contribution in [0.4, 0.5) is 0 Å². The molecule has 3 N–H and O–H groups in total. The fourth-order valence-electron chi connectivity index (χ4n) is 1.22. The van der Waals surface area contributed by atoms with Crippen LogP contribution < -0.4 is 5.69 Å². The molecule has 0 bridgehead atoms. The SMILES string of the molecule is O=C(O)c1cc(Br)c2[nH]c(=O)[nH]c2c1.